The minimum atomic E-state index is -3.95. The van der Waals surface area contributed by atoms with Crippen molar-refractivity contribution in [3.63, 3.8) is 0 Å². The highest BCUT2D eigenvalue weighted by Crippen LogP contribution is 2.30. The molecule has 0 spiro atoms. The quantitative estimate of drug-likeness (QED) is 0.314. The third-order valence-electron chi connectivity index (χ3n) is 5.49. The van der Waals surface area contributed by atoms with Gasteiger partial charge >= 0.3 is 0 Å². The summed E-state index contributed by atoms with van der Waals surface area (Å²) in [6.07, 6.45) is 0.659. The van der Waals surface area contributed by atoms with Gasteiger partial charge in [-0.2, -0.15) is 14.8 Å². The SMILES string of the molecule is CN(C)CCCN(C(=O)c1ccc(S(=O)(=O)N(CCC#N)CCC#N)cc1)c1nc2ccc(F)cc2s1.Cl. The Morgan fingerprint density at radius 2 is 1.63 bits per heavy atom. The lowest BCUT2D eigenvalue weighted by atomic mass is 10.2. The molecule has 0 aliphatic carbocycles. The van der Waals surface area contributed by atoms with E-state index in [1.54, 1.807) is 6.07 Å². The van der Waals surface area contributed by atoms with Crippen molar-refractivity contribution in [3.8, 4) is 12.1 Å². The number of thiazole rings is 1. The summed E-state index contributed by atoms with van der Waals surface area (Å²) in [6, 6.07) is 13.7. The largest absolute Gasteiger partial charge is 0.309 e. The van der Waals surface area contributed by atoms with E-state index in [0.29, 0.717) is 28.3 Å². The molecule has 0 aliphatic heterocycles. The molecule has 0 saturated carbocycles. The van der Waals surface area contributed by atoms with Crippen LogP contribution in [-0.2, 0) is 10.0 Å². The number of nitriles is 2. The van der Waals surface area contributed by atoms with Crippen molar-refractivity contribution >= 4 is 55.0 Å². The van der Waals surface area contributed by atoms with Crippen molar-refractivity contribution < 1.29 is 17.6 Å². The van der Waals surface area contributed by atoms with Gasteiger partial charge in [-0.25, -0.2) is 17.8 Å². The van der Waals surface area contributed by atoms with E-state index in [9.17, 15) is 17.6 Å². The first-order chi connectivity index (χ1) is 17.7. The summed E-state index contributed by atoms with van der Waals surface area (Å²) < 4.78 is 41.6. The summed E-state index contributed by atoms with van der Waals surface area (Å²) in [5.74, 6) is -0.739. The van der Waals surface area contributed by atoms with Gasteiger partial charge < -0.3 is 4.90 Å². The van der Waals surface area contributed by atoms with Crippen LogP contribution in [-0.4, -0.2) is 68.8 Å². The van der Waals surface area contributed by atoms with E-state index in [-0.39, 0.29) is 60.5 Å². The number of carbonyl (C=O) groups is 1. The van der Waals surface area contributed by atoms with Crippen molar-refractivity contribution in [1.82, 2.24) is 14.2 Å². The maximum atomic E-state index is 13.7. The summed E-state index contributed by atoms with van der Waals surface area (Å²) in [5, 5.41) is 18.2. The molecule has 9 nitrogen and oxygen atoms in total. The van der Waals surface area contributed by atoms with Crippen LogP contribution in [0.25, 0.3) is 10.2 Å². The van der Waals surface area contributed by atoms with Crippen LogP contribution in [0, 0.1) is 28.5 Å². The Balaban J connectivity index is 0.00000507. The summed E-state index contributed by atoms with van der Waals surface area (Å²) in [6.45, 7) is 1.05. The minimum Gasteiger partial charge on any atom is -0.309 e. The molecule has 3 aromatic rings. The van der Waals surface area contributed by atoms with Gasteiger partial charge in [0.1, 0.15) is 5.82 Å². The highest BCUT2D eigenvalue weighted by molar-refractivity contribution is 7.89. The predicted molar refractivity (Wildman–Crippen MR) is 147 cm³/mol. The van der Waals surface area contributed by atoms with E-state index >= 15 is 0 Å². The van der Waals surface area contributed by atoms with E-state index < -0.39 is 10.0 Å². The molecule has 1 heterocycles. The average molecular weight is 579 g/mol. The minimum absolute atomic E-state index is 0. The summed E-state index contributed by atoms with van der Waals surface area (Å²) in [4.78, 5) is 21.5. The number of hydrogen-bond donors (Lipinski definition) is 0. The number of aromatic nitrogens is 1. The molecule has 3 rings (SSSR count). The fourth-order valence-electron chi connectivity index (χ4n) is 3.61. The van der Waals surface area contributed by atoms with Gasteiger partial charge in [-0.05, 0) is 69.5 Å². The van der Waals surface area contributed by atoms with E-state index in [0.717, 1.165) is 10.8 Å². The third kappa shape index (κ3) is 7.69. The first kappa shape index (κ1) is 31.1. The van der Waals surface area contributed by atoms with Gasteiger partial charge in [-0.1, -0.05) is 11.3 Å². The van der Waals surface area contributed by atoms with Gasteiger partial charge in [-0.3, -0.25) is 9.69 Å². The summed E-state index contributed by atoms with van der Waals surface area (Å²) in [7, 11) is -0.0849. The monoisotopic (exact) mass is 578 g/mol. The maximum Gasteiger partial charge on any atom is 0.260 e. The molecule has 1 aromatic heterocycles. The number of benzene rings is 2. The Morgan fingerprint density at radius 1 is 1.00 bits per heavy atom. The first-order valence-corrected chi connectivity index (χ1v) is 13.8. The van der Waals surface area contributed by atoms with Gasteiger partial charge in [0, 0.05) is 38.0 Å². The zero-order valence-corrected chi connectivity index (χ0v) is 23.5. The molecule has 0 saturated heterocycles. The number of anilines is 1. The highest BCUT2D eigenvalue weighted by Gasteiger charge is 2.26. The van der Waals surface area contributed by atoms with Crippen LogP contribution in [0.5, 0.6) is 0 Å². The molecule has 1 amide bonds. The van der Waals surface area contributed by atoms with Crippen molar-refractivity contribution in [2.45, 2.75) is 24.2 Å². The zero-order valence-electron chi connectivity index (χ0n) is 21.0. The standard InChI is InChI=1S/C25H27FN6O3S2.ClH/c1-30(2)14-5-17-32(25-29-22-11-8-20(26)18-23(22)36-25)24(33)19-6-9-21(10-7-19)37(34,35)31(15-3-12-27)16-4-13-28;/h6-11,18H,3-5,14-17H2,1-2H3;1H. The van der Waals surface area contributed by atoms with Gasteiger partial charge in [0.05, 0.1) is 27.3 Å². The van der Waals surface area contributed by atoms with Gasteiger partial charge in [-0.15, -0.1) is 12.4 Å². The molecule has 0 unspecified atom stereocenters. The molecule has 0 N–H and O–H groups in total. The third-order valence-corrected chi connectivity index (χ3v) is 8.44. The molecule has 0 atom stereocenters. The van der Waals surface area contributed by atoms with Crippen LogP contribution in [0.15, 0.2) is 47.4 Å². The molecule has 0 bridgehead atoms. The second-order valence-electron chi connectivity index (χ2n) is 8.47. The average Bonchev–Trinajstić information content (AvgIpc) is 3.29. The van der Waals surface area contributed by atoms with Gasteiger partial charge in [0.2, 0.25) is 10.0 Å². The van der Waals surface area contributed by atoms with Crippen LogP contribution in [0.1, 0.15) is 29.6 Å². The number of nitrogens with zero attached hydrogens (tertiary/aromatic N) is 6. The summed E-state index contributed by atoms with van der Waals surface area (Å²) in [5.41, 5.74) is 0.859. The molecular formula is C25H28ClFN6O3S2. The van der Waals surface area contributed by atoms with Crippen molar-refractivity contribution in [3.05, 3.63) is 53.8 Å². The van der Waals surface area contributed by atoms with Crippen LogP contribution in [0.3, 0.4) is 0 Å². The molecule has 13 heteroatoms. The maximum absolute atomic E-state index is 13.7. The Hall–Kier alpha value is -3.13. The zero-order chi connectivity index (χ0) is 27.0. The number of fused-ring (bicyclic) bond motifs is 1. The number of amides is 1. The number of hydrogen-bond acceptors (Lipinski definition) is 8. The first-order valence-electron chi connectivity index (χ1n) is 11.5. The Bertz CT molecular complexity index is 1410. The second-order valence-corrected chi connectivity index (χ2v) is 11.4. The van der Waals surface area contributed by atoms with E-state index in [4.69, 9.17) is 10.5 Å². The molecule has 2 aromatic carbocycles. The predicted octanol–water partition coefficient (Wildman–Crippen LogP) is 4.27. The van der Waals surface area contributed by atoms with E-state index in [1.807, 2.05) is 31.1 Å². The van der Waals surface area contributed by atoms with E-state index in [1.165, 1.54) is 52.6 Å². The van der Waals surface area contributed by atoms with Gasteiger partial charge in [0.25, 0.3) is 5.91 Å². The highest BCUT2D eigenvalue weighted by atomic mass is 35.5. The fourth-order valence-corrected chi connectivity index (χ4v) is 6.06. The van der Waals surface area contributed by atoms with Gasteiger partial charge in [0.15, 0.2) is 5.13 Å². The molecule has 0 aliphatic rings. The molecule has 0 fully saturated rings. The number of halogens is 2. The van der Waals surface area contributed by atoms with Crippen LogP contribution >= 0.6 is 23.7 Å². The van der Waals surface area contributed by atoms with Crippen molar-refractivity contribution in [2.24, 2.45) is 0 Å². The van der Waals surface area contributed by atoms with Crippen LogP contribution < -0.4 is 4.90 Å². The fraction of sp³-hybridized carbons (Fsp3) is 0.360. The van der Waals surface area contributed by atoms with Crippen LogP contribution in [0.4, 0.5) is 9.52 Å². The summed E-state index contributed by atoms with van der Waals surface area (Å²) >= 11 is 1.21. The lowest BCUT2D eigenvalue weighted by Crippen LogP contribution is -2.34. The second kappa shape index (κ2) is 14.1. The van der Waals surface area contributed by atoms with E-state index in [2.05, 4.69) is 4.98 Å². The molecule has 202 valence electrons. The van der Waals surface area contributed by atoms with Crippen molar-refractivity contribution in [1.29, 1.82) is 10.5 Å². The number of carbonyl (C=O) groups excluding carboxylic acids is 1. The van der Waals surface area contributed by atoms with Crippen LogP contribution in [0.2, 0.25) is 0 Å². The Morgan fingerprint density at radius 3 is 2.21 bits per heavy atom. The number of rotatable bonds is 12. The normalized spacial score (nSPS) is 11.2. The lowest BCUT2D eigenvalue weighted by molar-refractivity contribution is 0.0986. The smallest absolute Gasteiger partial charge is 0.260 e. The lowest BCUT2D eigenvalue weighted by Gasteiger charge is -2.22. The van der Waals surface area contributed by atoms with Crippen molar-refractivity contribution in [2.75, 3.05) is 45.2 Å². The Kier molecular flexibility index (Phi) is 11.6. The molecule has 0 radical (unpaired) electrons. The topological polar surface area (TPSA) is 121 Å². The molecular weight excluding hydrogens is 551 g/mol. The number of sulfonamides is 1. The Labute approximate surface area is 232 Å². The molecule has 38 heavy (non-hydrogen) atoms.